The summed E-state index contributed by atoms with van der Waals surface area (Å²) in [6.07, 6.45) is 0. The van der Waals surface area contributed by atoms with Gasteiger partial charge in [-0.3, -0.25) is 0 Å². The zero-order chi connectivity index (χ0) is 20.0. The van der Waals surface area contributed by atoms with Crippen LogP contribution >= 0.6 is 0 Å². The maximum Gasteiger partial charge on any atom is 0.387 e. The first-order valence-corrected chi connectivity index (χ1v) is 7.55. The Balaban J connectivity index is 2.12. The number of carbonyl (C=O) groups is 1. The molecule has 0 atom stereocenters. The number of nitrogens with zero attached hydrogens (tertiary/aromatic N) is 1. The topological polar surface area (TPSA) is 50.8 Å². The van der Waals surface area contributed by atoms with Gasteiger partial charge in [0.15, 0.2) is 5.75 Å². The smallest absolute Gasteiger partial charge is 0.387 e. The first-order chi connectivity index (χ1) is 12.7. The number of hydrogen-bond donors (Lipinski definition) is 1. The van der Waals surface area contributed by atoms with Crippen LogP contribution < -0.4 is 14.8 Å². The molecule has 0 saturated heterocycles. The second kappa shape index (κ2) is 9.06. The number of halogens is 5. The van der Waals surface area contributed by atoms with E-state index >= 15 is 0 Å². The largest absolute Gasteiger partial charge is 0.435 e. The third-order valence-corrected chi connectivity index (χ3v) is 3.29. The summed E-state index contributed by atoms with van der Waals surface area (Å²) < 4.78 is 71.2. The number of amides is 2. The maximum atomic E-state index is 13.2. The Hall–Kier alpha value is -3.04. The lowest BCUT2D eigenvalue weighted by Crippen LogP contribution is -2.31. The standard InChI is InChI=1S/C17H15F5N2O3/c1-24(9-10-3-2-4-11(18)7-10)17(25)23-13-6-5-12(26-15(19)20)8-14(13)27-16(21)22/h2-8,15-16H,9H2,1H3,(H,23,25). The molecule has 0 spiro atoms. The molecule has 0 fully saturated rings. The Morgan fingerprint density at radius 2 is 1.78 bits per heavy atom. The predicted octanol–water partition coefficient (Wildman–Crippen LogP) is 4.69. The number of urea groups is 1. The van der Waals surface area contributed by atoms with Gasteiger partial charge < -0.3 is 19.7 Å². The van der Waals surface area contributed by atoms with E-state index in [1.165, 1.54) is 30.1 Å². The molecule has 0 heterocycles. The molecule has 146 valence electrons. The van der Waals surface area contributed by atoms with Gasteiger partial charge in [-0.1, -0.05) is 12.1 Å². The molecule has 0 aliphatic heterocycles. The molecule has 0 bridgehead atoms. The molecule has 0 unspecified atom stereocenters. The highest BCUT2D eigenvalue weighted by atomic mass is 19.3. The van der Waals surface area contributed by atoms with E-state index in [0.717, 1.165) is 18.2 Å². The minimum Gasteiger partial charge on any atom is -0.435 e. The van der Waals surface area contributed by atoms with Crippen LogP contribution in [0.2, 0.25) is 0 Å². The van der Waals surface area contributed by atoms with E-state index in [1.54, 1.807) is 6.07 Å². The number of ether oxygens (including phenoxy) is 2. The second-order valence-corrected chi connectivity index (χ2v) is 5.33. The highest BCUT2D eigenvalue weighted by Crippen LogP contribution is 2.31. The summed E-state index contributed by atoms with van der Waals surface area (Å²) in [7, 11) is 1.40. The monoisotopic (exact) mass is 390 g/mol. The molecule has 0 aliphatic carbocycles. The number of benzene rings is 2. The summed E-state index contributed by atoms with van der Waals surface area (Å²) in [6, 6.07) is 7.82. The summed E-state index contributed by atoms with van der Waals surface area (Å²) in [5, 5.41) is 2.32. The summed E-state index contributed by atoms with van der Waals surface area (Å²) in [5.74, 6) is -1.43. The molecule has 0 aromatic heterocycles. The van der Waals surface area contributed by atoms with Crippen LogP contribution in [0.4, 0.5) is 32.4 Å². The number of anilines is 1. The average Bonchev–Trinajstić information content (AvgIpc) is 2.56. The van der Waals surface area contributed by atoms with E-state index in [9.17, 15) is 26.7 Å². The minimum absolute atomic E-state index is 0.0429. The first kappa shape index (κ1) is 20.3. The molecule has 2 rings (SSSR count). The average molecular weight is 390 g/mol. The van der Waals surface area contributed by atoms with Gasteiger partial charge in [-0.15, -0.1) is 0 Å². The maximum absolute atomic E-state index is 13.2. The molecule has 10 heteroatoms. The molecule has 2 aromatic rings. The van der Waals surface area contributed by atoms with E-state index in [2.05, 4.69) is 14.8 Å². The predicted molar refractivity (Wildman–Crippen MR) is 86.6 cm³/mol. The van der Waals surface area contributed by atoms with Gasteiger partial charge in [-0.25, -0.2) is 9.18 Å². The lowest BCUT2D eigenvalue weighted by atomic mass is 10.2. The summed E-state index contributed by atoms with van der Waals surface area (Å²) >= 11 is 0. The summed E-state index contributed by atoms with van der Waals surface area (Å²) in [6.45, 7) is -6.35. The highest BCUT2D eigenvalue weighted by molar-refractivity contribution is 5.91. The zero-order valence-corrected chi connectivity index (χ0v) is 14.0. The van der Waals surface area contributed by atoms with Crippen LogP contribution in [-0.4, -0.2) is 31.2 Å². The summed E-state index contributed by atoms with van der Waals surface area (Å²) in [4.78, 5) is 13.4. The Morgan fingerprint density at radius 1 is 1.07 bits per heavy atom. The van der Waals surface area contributed by atoms with Crippen molar-refractivity contribution in [3.63, 3.8) is 0 Å². The van der Waals surface area contributed by atoms with Crippen molar-refractivity contribution < 1.29 is 36.2 Å². The van der Waals surface area contributed by atoms with Gasteiger partial charge in [0.05, 0.1) is 5.69 Å². The van der Waals surface area contributed by atoms with E-state index in [4.69, 9.17) is 0 Å². The van der Waals surface area contributed by atoms with Crippen molar-refractivity contribution in [3.05, 3.63) is 53.8 Å². The van der Waals surface area contributed by atoms with Gasteiger partial charge in [0.25, 0.3) is 0 Å². The highest BCUT2D eigenvalue weighted by Gasteiger charge is 2.17. The fourth-order valence-electron chi connectivity index (χ4n) is 2.17. The number of nitrogens with one attached hydrogen (secondary N) is 1. The molecule has 0 saturated carbocycles. The lowest BCUT2D eigenvalue weighted by molar-refractivity contribution is -0.0539. The van der Waals surface area contributed by atoms with Crippen LogP contribution in [0, 0.1) is 5.82 Å². The molecule has 5 nitrogen and oxygen atoms in total. The second-order valence-electron chi connectivity index (χ2n) is 5.33. The molecule has 2 amide bonds. The number of alkyl halides is 4. The van der Waals surface area contributed by atoms with Crippen LogP contribution in [0.1, 0.15) is 5.56 Å². The molecule has 0 radical (unpaired) electrons. The van der Waals surface area contributed by atoms with E-state index < -0.39 is 36.6 Å². The van der Waals surface area contributed by atoms with Gasteiger partial charge in [0.1, 0.15) is 11.6 Å². The molecule has 2 aromatic carbocycles. The number of hydrogen-bond acceptors (Lipinski definition) is 3. The zero-order valence-electron chi connectivity index (χ0n) is 14.0. The van der Waals surface area contributed by atoms with Crippen molar-refractivity contribution in [2.45, 2.75) is 19.8 Å². The fourth-order valence-corrected chi connectivity index (χ4v) is 2.17. The van der Waals surface area contributed by atoms with Gasteiger partial charge in [0.2, 0.25) is 0 Å². The minimum atomic E-state index is -3.24. The Kier molecular flexibility index (Phi) is 6.80. The van der Waals surface area contributed by atoms with Crippen molar-refractivity contribution in [2.75, 3.05) is 12.4 Å². The Labute approximate surface area is 151 Å². The van der Waals surface area contributed by atoms with Crippen LogP contribution in [0.15, 0.2) is 42.5 Å². The number of carbonyl (C=O) groups excluding carboxylic acids is 1. The SMILES string of the molecule is CN(Cc1cccc(F)c1)C(=O)Nc1ccc(OC(F)F)cc1OC(F)F. The van der Waals surface area contributed by atoms with Gasteiger partial charge >= 0.3 is 19.3 Å². The molecular weight excluding hydrogens is 375 g/mol. The molecular formula is C17H15F5N2O3. The van der Waals surface area contributed by atoms with E-state index in [1.807, 2.05) is 0 Å². The number of rotatable bonds is 7. The molecule has 0 aliphatic rings. The van der Waals surface area contributed by atoms with Crippen molar-refractivity contribution in [3.8, 4) is 11.5 Å². The summed E-state index contributed by atoms with van der Waals surface area (Å²) in [5.41, 5.74) is 0.338. The van der Waals surface area contributed by atoms with Crippen molar-refractivity contribution in [2.24, 2.45) is 0 Å². The van der Waals surface area contributed by atoms with Crippen LogP contribution in [0.5, 0.6) is 11.5 Å². The fraction of sp³-hybridized carbons (Fsp3) is 0.235. The first-order valence-electron chi connectivity index (χ1n) is 7.55. The van der Waals surface area contributed by atoms with Gasteiger partial charge in [-0.2, -0.15) is 17.6 Å². The Morgan fingerprint density at radius 3 is 2.41 bits per heavy atom. The van der Waals surface area contributed by atoms with Crippen LogP contribution in [-0.2, 0) is 6.54 Å². The van der Waals surface area contributed by atoms with E-state index in [-0.39, 0.29) is 12.2 Å². The van der Waals surface area contributed by atoms with Crippen LogP contribution in [0.3, 0.4) is 0 Å². The molecule has 1 N–H and O–H groups in total. The Bertz CT molecular complexity index is 789. The van der Waals surface area contributed by atoms with Crippen molar-refractivity contribution >= 4 is 11.7 Å². The third-order valence-electron chi connectivity index (χ3n) is 3.29. The van der Waals surface area contributed by atoms with Gasteiger partial charge in [0, 0.05) is 19.7 Å². The normalized spacial score (nSPS) is 10.8. The molecule has 27 heavy (non-hydrogen) atoms. The third kappa shape index (κ3) is 6.32. The van der Waals surface area contributed by atoms with Crippen LogP contribution in [0.25, 0.3) is 0 Å². The quantitative estimate of drug-likeness (QED) is 0.698. The van der Waals surface area contributed by atoms with Crippen molar-refractivity contribution in [1.29, 1.82) is 0 Å². The van der Waals surface area contributed by atoms with E-state index in [0.29, 0.717) is 5.56 Å². The van der Waals surface area contributed by atoms with Crippen molar-refractivity contribution in [1.82, 2.24) is 4.90 Å². The lowest BCUT2D eigenvalue weighted by Gasteiger charge is -2.20. The van der Waals surface area contributed by atoms with Gasteiger partial charge in [-0.05, 0) is 29.8 Å².